The molecular weight excluding hydrogens is 404 g/mol. The van der Waals surface area contributed by atoms with Crippen LogP contribution in [0.1, 0.15) is 28.8 Å². The summed E-state index contributed by atoms with van der Waals surface area (Å²) in [5.41, 5.74) is 6.78. The Kier molecular flexibility index (Phi) is 6.52. The molecule has 0 atom stereocenters. The van der Waals surface area contributed by atoms with Crippen LogP contribution in [0.25, 0.3) is 0 Å². The van der Waals surface area contributed by atoms with Gasteiger partial charge < -0.3 is 20.1 Å². The smallest absolute Gasteiger partial charge is 0.254 e. The van der Waals surface area contributed by atoms with Crippen molar-refractivity contribution in [1.82, 2.24) is 9.88 Å². The molecule has 1 aliphatic rings. The number of benzene rings is 2. The number of para-hydroxylation sites is 1. The number of nitrogens with two attached hydrogens (primary N) is 1. The van der Waals surface area contributed by atoms with E-state index in [0.29, 0.717) is 17.4 Å². The normalized spacial score (nSPS) is 13.9. The molecule has 0 unspecified atom stereocenters. The molecule has 7 heteroatoms. The molecule has 0 aliphatic carbocycles. The third kappa shape index (κ3) is 5.35. The van der Waals surface area contributed by atoms with Gasteiger partial charge in [-0.25, -0.2) is 4.98 Å². The van der Waals surface area contributed by atoms with Gasteiger partial charge in [0, 0.05) is 19.3 Å². The number of amides is 1. The van der Waals surface area contributed by atoms with Crippen LogP contribution in [0.2, 0.25) is 0 Å². The zero-order valence-electron chi connectivity index (χ0n) is 17.6. The van der Waals surface area contributed by atoms with Crippen molar-refractivity contribution in [2.75, 3.05) is 13.1 Å². The van der Waals surface area contributed by atoms with E-state index in [0.717, 1.165) is 43.7 Å². The maximum Gasteiger partial charge on any atom is 0.254 e. The Bertz CT molecular complexity index is 1100. The summed E-state index contributed by atoms with van der Waals surface area (Å²) in [6, 6.07) is 18.3. The van der Waals surface area contributed by atoms with E-state index in [1.165, 1.54) is 0 Å². The van der Waals surface area contributed by atoms with E-state index < -0.39 is 5.91 Å². The largest absolute Gasteiger partial charge is 0.457 e. The number of nitriles is 1. The third-order valence-corrected chi connectivity index (χ3v) is 5.47. The van der Waals surface area contributed by atoms with E-state index in [-0.39, 0.29) is 11.4 Å². The van der Waals surface area contributed by atoms with Gasteiger partial charge in [0.25, 0.3) is 5.91 Å². The Hall–Kier alpha value is -4.05. The summed E-state index contributed by atoms with van der Waals surface area (Å²) in [6.45, 7) is 1.53. The first-order chi connectivity index (χ1) is 15.6. The number of ether oxygens (including phenoxy) is 2. The molecule has 2 heterocycles. The Labute approximate surface area is 187 Å². The van der Waals surface area contributed by atoms with Gasteiger partial charge in [-0.2, -0.15) is 5.26 Å². The summed E-state index contributed by atoms with van der Waals surface area (Å²) in [5, 5.41) is 8.99. The second kappa shape index (κ2) is 9.84. The molecule has 1 fully saturated rings. The van der Waals surface area contributed by atoms with Crippen LogP contribution in [-0.2, 0) is 6.42 Å². The fourth-order valence-corrected chi connectivity index (χ4v) is 3.75. The quantitative estimate of drug-likeness (QED) is 0.556. The summed E-state index contributed by atoms with van der Waals surface area (Å²) in [4.78, 5) is 18.2. The number of carbonyl (C=O) groups excluding carboxylic acids is 1. The minimum absolute atomic E-state index is 0.178. The number of primary amides is 1. The molecule has 0 radical (unpaired) electrons. The lowest BCUT2D eigenvalue weighted by Gasteiger charge is -2.28. The summed E-state index contributed by atoms with van der Waals surface area (Å²) < 4.78 is 11.6. The van der Waals surface area contributed by atoms with E-state index in [4.69, 9.17) is 20.5 Å². The van der Waals surface area contributed by atoms with Gasteiger partial charge >= 0.3 is 0 Å². The van der Waals surface area contributed by atoms with Crippen molar-refractivity contribution in [3.8, 4) is 29.3 Å². The summed E-state index contributed by atoms with van der Waals surface area (Å²) >= 11 is 0. The Morgan fingerprint density at radius 1 is 1.03 bits per heavy atom. The van der Waals surface area contributed by atoms with Crippen molar-refractivity contribution in [2.24, 2.45) is 11.7 Å². The topological polar surface area (TPSA) is 101 Å². The Morgan fingerprint density at radius 3 is 2.28 bits per heavy atom. The SMILES string of the molecule is N#CN1CCC(Cc2cnc(Oc3ccc(Oc4ccccc4)cc3)c(C(N)=O)c2)CC1. The van der Waals surface area contributed by atoms with Crippen molar-refractivity contribution >= 4 is 5.91 Å². The van der Waals surface area contributed by atoms with Gasteiger partial charge in [0.05, 0.1) is 0 Å². The minimum Gasteiger partial charge on any atom is -0.457 e. The predicted molar refractivity (Wildman–Crippen MR) is 119 cm³/mol. The van der Waals surface area contributed by atoms with Crippen LogP contribution in [0.3, 0.4) is 0 Å². The molecular formula is C25H24N4O3. The summed E-state index contributed by atoms with van der Waals surface area (Å²) in [6.07, 6.45) is 6.59. The first-order valence-electron chi connectivity index (χ1n) is 10.5. The third-order valence-electron chi connectivity index (χ3n) is 5.47. The molecule has 32 heavy (non-hydrogen) atoms. The van der Waals surface area contributed by atoms with Crippen LogP contribution < -0.4 is 15.2 Å². The molecule has 0 spiro atoms. The maximum atomic E-state index is 12.0. The summed E-state index contributed by atoms with van der Waals surface area (Å²) in [5.74, 6) is 1.98. The molecule has 3 aromatic rings. The highest BCUT2D eigenvalue weighted by atomic mass is 16.5. The highest BCUT2D eigenvalue weighted by Crippen LogP contribution is 2.29. The van der Waals surface area contributed by atoms with E-state index in [2.05, 4.69) is 11.2 Å². The number of pyridine rings is 1. The lowest BCUT2D eigenvalue weighted by atomic mass is 9.90. The van der Waals surface area contributed by atoms with Crippen molar-refractivity contribution in [2.45, 2.75) is 19.3 Å². The molecule has 2 N–H and O–H groups in total. The van der Waals surface area contributed by atoms with Gasteiger partial charge in [-0.3, -0.25) is 4.79 Å². The van der Waals surface area contributed by atoms with Gasteiger partial charge in [-0.15, -0.1) is 0 Å². The zero-order chi connectivity index (χ0) is 22.3. The first kappa shape index (κ1) is 21.2. The second-order valence-corrected chi connectivity index (χ2v) is 7.78. The number of aromatic nitrogens is 1. The zero-order valence-corrected chi connectivity index (χ0v) is 17.6. The highest BCUT2D eigenvalue weighted by molar-refractivity contribution is 5.95. The second-order valence-electron chi connectivity index (χ2n) is 7.78. The predicted octanol–water partition coefficient (Wildman–Crippen LogP) is 4.50. The molecule has 0 saturated carbocycles. The van der Waals surface area contributed by atoms with Crippen molar-refractivity contribution < 1.29 is 14.3 Å². The molecule has 0 bridgehead atoms. The number of rotatable bonds is 7. The lowest BCUT2D eigenvalue weighted by Crippen LogP contribution is -2.30. The average Bonchev–Trinajstić information content (AvgIpc) is 2.82. The van der Waals surface area contributed by atoms with Crippen LogP contribution in [0.5, 0.6) is 23.1 Å². The van der Waals surface area contributed by atoms with E-state index in [1.54, 1.807) is 41.4 Å². The van der Waals surface area contributed by atoms with Gasteiger partial charge in [0.1, 0.15) is 22.8 Å². The molecule has 1 aromatic heterocycles. The fourth-order valence-electron chi connectivity index (χ4n) is 3.75. The van der Waals surface area contributed by atoms with E-state index in [1.807, 2.05) is 30.3 Å². The number of piperidine rings is 1. The van der Waals surface area contributed by atoms with E-state index >= 15 is 0 Å². The van der Waals surface area contributed by atoms with Crippen LogP contribution in [0, 0.1) is 17.4 Å². The molecule has 2 aromatic carbocycles. The molecule has 1 amide bonds. The first-order valence-corrected chi connectivity index (χ1v) is 10.5. The highest BCUT2D eigenvalue weighted by Gasteiger charge is 2.20. The number of likely N-dealkylation sites (tertiary alicyclic amines) is 1. The molecule has 7 nitrogen and oxygen atoms in total. The Morgan fingerprint density at radius 2 is 1.66 bits per heavy atom. The van der Waals surface area contributed by atoms with Crippen LogP contribution >= 0.6 is 0 Å². The maximum absolute atomic E-state index is 12.0. The number of hydrogen-bond acceptors (Lipinski definition) is 6. The van der Waals surface area contributed by atoms with Gasteiger partial charge in [0.15, 0.2) is 6.19 Å². The average molecular weight is 428 g/mol. The van der Waals surface area contributed by atoms with Gasteiger partial charge in [-0.05, 0) is 73.2 Å². The van der Waals surface area contributed by atoms with Crippen LogP contribution in [0.4, 0.5) is 0 Å². The molecule has 4 rings (SSSR count). The standard InChI is InChI=1S/C25H24N4O3/c26-17-29-12-10-18(11-13-29)14-19-15-23(24(27)30)25(28-16-19)32-22-8-6-21(7-9-22)31-20-4-2-1-3-5-20/h1-9,15-16,18H,10-14H2,(H2,27,30). The number of nitrogens with zero attached hydrogens (tertiary/aromatic N) is 3. The van der Waals surface area contributed by atoms with Gasteiger partial charge in [0.2, 0.25) is 5.88 Å². The van der Waals surface area contributed by atoms with Crippen LogP contribution in [-0.4, -0.2) is 28.9 Å². The monoisotopic (exact) mass is 428 g/mol. The number of hydrogen-bond donors (Lipinski definition) is 1. The van der Waals surface area contributed by atoms with Crippen molar-refractivity contribution in [1.29, 1.82) is 5.26 Å². The van der Waals surface area contributed by atoms with Crippen molar-refractivity contribution in [3.05, 3.63) is 78.0 Å². The molecule has 1 aliphatic heterocycles. The lowest BCUT2D eigenvalue weighted by molar-refractivity contribution is 0.0997. The van der Waals surface area contributed by atoms with Crippen LogP contribution in [0.15, 0.2) is 66.9 Å². The molecule has 162 valence electrons. The van der Waals surface area contributed by atoms with Crippen molar-refractivity contribution in [3.63, 3.8) is 0 Å². The number of carbonyl (C=O) groups is 1. The minimum atomic E-state index is -0.585. The fraction of sp³-hybridized carbons (Fsp3) is 0.240. The summed E-state index contributed by atoms with van der Waals surface area (Å²) in [7, 11) is 0. The van der Waals surface area contributed by atoms with E-state index in [9.17, 15) is 4.79 Å². The van der Waals surface area contributed by atoms with Gasteiger partial charge in [-0.1, -0.05) is 18.2 Å². The Balaban J connectivity index is 1.43. The molecule has 1 saturated heterocycles.